The monoisotopic (exact) mass is 368 g/mol. The summed E-state index contributed by atoms with van der Waals surface area (Å²) in [4.78, 5) is 17.5. The van der Waals surface area contributed by atoms with Gasteiger partial charge in [0.1, 0.15) is 44.1 Å². The van der Waals surface area contributed by atoms with Crippen LogP contribution in [0, 0.1) is 0 Å². The van der Waals surface area contributed by atoms with Crippen molar-refractivity contribution in [1.29, 1.82) is 0 Å². The summed E-state index contributed by atoms with van der Waals surface area (Å²) in [5, 5.41) is 31.6. The zero-order valence-corrected chi connectivity index (χ0v) is 14.0. The second-order valence-corrected chi connectivity index (χ2v) is 5.49. The Hall–Kier alpha value is -4.48. The number of aromatic nitrogens is 12. The molecule has 132 valence electrons. The van der Waals surface area contributed by atoms with Crippen LogP contribution in [0.25, 0.3) is 44.1 Å². The maximum Gasteiger partial charge on any atom is 0.131 e. The first-order chi connectivity index (χ1) is 13.9. The fraction of sp³-hybridized carbons (Fsp3) is 0. The summed E-state index contributed by atoms with van der Waals surface area (Å²) in [5.41, 5.74) is 4.07. The van der Waals surface area contributed by atoms with Gasteiger partial charge in [-0.1, -0.05) is 0 Å². The third-order valence-corrected chi connectivity index (χ3v) is 3.74. The molecule has 0 aliphatic rings. The van der Waals surface area contributed by atoms with Crippen molar-refractivity contribution in [3.63, 3.8) is 0 Å². The summed E-state index contributed by atoms with van der Waals surface area (Å²) >= 11 is 0. The lowest BCUT2D eigenvalue weighted by molar-refractivity contribution is 1.11. The van der Waals surface area contributed by atoms with Gasteiger partial charge in [-0.25, -0.2) is 0 Å². The largest absolute Gasteiger partial charge is 0.250 e. The summed E-state index contributed by atoms with van der Waals surface area (Å²) in [5.74, 6) is 0. The predicted molar refractivity (Wildman–Crippen MR) is 96.4 cm³/mol. The molecule has 0 aromatic carbocycles. The average molecular weight is 368 g/mol. The van der Waals surface area contributed by atoms with Crippen LogP contribution in [-0.4, -0.2) is 60.7 Å². The second-order valence-electron chi connectivity index (χ2n) is 5.49. The van der Waals surface area contributed by atoms with Gasteiger partial charge in [0.2, 0.25) is 0 Å². The van der Waals surface area contributed by atoms with Crippen LogP contribution in [0.4, 0.5) is 0 Å². The van der Waals surface area contributed by atoms with Crippen LogP contribution in [0.1, 0.15) is 0 Å². The van der Waals surface area contributed by atoms with Crippen molar-refractivity contribution in [2.75, 3.05) is 0 Å². The zero-order valence-electron chi connectivity index (χ0n) is 14.0. The van der Waals surface area contributed by atoms with Gasteiger partial charge in [0.05, 0.1) is 49.6 Å². The van der Waals surface area contributed by atoms with Crippen LogP contribution in [0.2, 0.25) is 0 Å². The van der Waals surface area contributed by atoms with Crippen LogP contribution < -0.4 is 0 Å². The highest BCUT2D eigenvalue weighted by molar-refractivity contribution is 5.77. The van der Waals surface area contributed by atoms with E-state index in [1.165, 1.54) is 49.6 Å². The van der Waals surface area contributed by atoms with E-state index in [4.69, 9.17) is 0 Å². The van der Waals surface area contributed by atoms with Crippen LogP contribution in [-0.2, 0) is 0 Å². The normalized spacial score (nSPS) is 10.9. The lowest BCUT2D eigenvalue weighted by atomic mass is 10.4. The van der Waals surface area contributed by atoms with Crippen molar-refractivity contribution >= 4 is 44.1 Å². The standard InChI is InChI=1S/C16H8N12/c1-13-9(5-21-25-13)18-3-15-11(7-23-27-15)20-4-16-12(8-24-28-16)19-2-14-10(17-1)6-22-26-14/h1-8H. The summed E-state index contributed by atoms with van der Waals surface area (Å²) in [6, 6.07) is 0. The van der Waals surface area contributed by atoms with Crippen molar-refractivity contribution in [2.45, 2.75) is 0 Å². The molecule has 0 fully saturated rings. The maximum absolute atomic E-state index is 4.37. The smallest absolute Gasteiger partial charge is 0.131 e. The molecule has 5 aromatic heterocycles. The van der Waals surface area contributed by atoms with Gasteiger partial charge >= 0.3 is 0 Å². The van der Waals surface area contributed by atoms with Crippen molar-refractivity contribution in [3.8, 4) is 0 Å². The van der Waals surface area contributed by atoms with Gasteiger partial charge in [-0.15, -0.1) is 20.4 Å². The van der Waals surface area contributed by atoms with E-state index in [1.807, 2.05) is 0 Å². The molecule has 28 heavy (non-hydrogen) atoms. The molecule has 5 heterocycles. The second kappa shape index (κ2) is 6.68. The Bertz CT molecular complexity index is 1120. The van der Waals surface area contributed by atoms with E-state index in [1.54, 1.807) is 0 Å². The summed E-state index contributed by atoms with van der Waals surface area (Å²) in [6.45, 7) is 0. The Labute approximate surface area is 155 Å². The fourth-order valence-corrected chi connectivity index (χ4v) is 2.34. The first kappa shape index (κ1) is 15.7. The van der Waals surface area contributed by atoms with Gasteiger partial charge in [-0.05, 0) is 0 Å². The van der Waals surface area contributed by atoms with Crippen molar-refractivity contribution < 1.29 is 0 Å². The minimum atomic E-state index is 0.490. The first-order valence-corrected chi connectivity index (χ1v) is 7.96. The molecule has 0 saturated carbocycles. The summed E-state index contributed by atoms with van der Waals surface area (Å²) < 4.78 is 0. The van der Waals surface area contributed by atoms with Crippen molar-refractivity contribution in [1.82, 2.24) is 60.7 Å². The summed E-state index contributed by atoms with van der Waals surface area (Å²) in [6.07, 6.45) is 12.2. The molecule has 0 atom stereocenters. The minimum absolute atomic E-state index is 0.490. The quantitative estimate of drug-likeness (QED) is 0.378. The van der Waals surface area contributed by atoms with Gasteiger partial charge in [0.25, 0.3) is 0 Å². The molecule has 0 radical (unpaired) electrons. The lowest BCUT2D eigenvalue weighted by Gasteiger charge is -1.82. The predicted octanol–water partition coefficient (Wildman–Crippen LogP) is 0.726. The molecule has 0 spiro atoms. The minimum Gasteiger partial charge on any atom is -0.250 e. The van der Waals surface area contributed by atoms with Gasteiger partial charge in [-0.3, -0.25) is 19.9 Å². The Morgan fingerprint density at radius 3 is 0.786 bits per heavy atom. The van der Waals surface area contributed by atoms with Gasteiger partial charge < -0.3 is 0 Å². The van der Waals surface area contributed by atoms with E-state index in [0.29, 0.717) is 44.1 Å². The molecule has 5 aromatic rings. The van der Waals surface area contributed by atoms with Crippen molar-refractivity contribution in [3.05, 3.63) is 49.6 Å². The van der Waals surface area contributed by atoms with E-state index in [0.717, 1.165) is 0 Å². The van der Waals surface area contributed by atoms with Gasteiger partial charge in [0.15, 0.2) is 0 Å². The molecule has 12 heteroatoms. The Balaban J connectivity index is 1.90. The molecule has 5 rings (SSSR count). The Kier molecular flexibility index (Phi) is 3.76. The SMILES string of the molecule is c1nnc2cnc3cnnc3cnc3cnnc3cnc3cnnc3cnc12. The van der Waals surface area contributed by atoms with E-state index in [-0.39, 0.29) is 0 Å². The highest BCUT2D eigenvalue weighted by atomic mass is 15.1. The van der Waals surface area contributed by atoms with Gasteiger partial charge in [0, 0.05) is 0 Å². The molecule has 0 aliphatic heterocycles. The number of rotatable bonds is 0. The van der Waals surface area contributed by atoms with E-state index >= 15 is 0 Å². The van der Waals surface area contributed by atoms with E-state index in [2.05, 4.69) is 60.7 Å². The number of fused-ring (bicyclic) bond motifs is 4. The van der Waals surface area contributed by atoms with Gasteiger partial charge in [-0.2, -0.15) is 20.4 Å². The fourth-order valence-electron chi connectivity index (χ4n) is 2.34. The maximum atomic E-state index is 4.37. The molecule has 0 bridgehead atoms. The van der Waals surface area contributed by atoms with Crippen LogP contribution >= 0.6 is 0 Å². The van der Waals surface area contributed by atoms with E-state index in [9.17, 15) is 0 Å². The lowest BCUT2D eigenvalue weighted by Crippen LogP contribution is -1.75. The first-order valence-electron chi connectivity index (χ1n) is 7.96. The molecule has 0 unspecified atom stereocenters. The van der Waals surface area contributed by atoms with Crippen LogP contribution in [0.3, 0.4) is 0 Å². The molecule has 0 aliphatic carbocycles. The average Bonchev–Trinajstić information content (AvgIpc) is 3.49. The number of nitrogens with zero attached hydrogens (tertiary/aromatic N) is 12. The molecule has 0 N–H and O–H groups in total. The molecular weight excluding hydrogens is 360 g/mol. The van der Waals surface area contributed by atoms with Crippen molar-refractivity contribution in [2.24, 2.45) is 0 Å². The third-order valence-electron chi connectivity index (χ3n) is 3.74. The molecule has 0 saturated heterocycles. The topological polar surface area (TPSA) is 155 Å². The number of hydrogen-bond donors (Lipinski definition) is 0. The Morgan fingerprint density at radius 1 is 0.286 bits per heavy atom. The highest BCUT2D eigenvalue weighted by Crippen LogP contribution is 2.08. The third kappa shape index (κ3) is 2.94. The zero-order chi connectivity index (χ0) is 18.8. The Morgan fingerprint density at radius 2 is 0.536 bits per heavy atom. The molecule has 12 nitrogen and oxygen atoms in total. The van der Waals surface area contributed by atoms with Crippen LogP contribution in [0.5, 0.6) is 0 Å². The highest BCUT2D eigenvalue weighted by Gasteiger charge is 1.99. The molecular formula is C16H8N12. The number of hydrogen-bond acceptors (Lipinski definition) is 12. The van der Waals surface area contributed by atoms with E-state index < -0.39 is 0 Å². The molecule has 0 amide bonds. The summed E-state index contributed by atoms with van der Waals surface area (Å²) in [7, 11) is 0. The van der Waals surface area contributed by atoms with Crippen LogP contribution in [0.15, 0.2) is 49.6 Å².